The molecule has 1 atom stereocenters. The molecule has 4 heteroatoms. The van der Waals surface area contributed by atoms with Gasteiger partial charge in [-0.1, -0.05) is 0 Å². The molecule has 0 aliphatic rings. The predicted octanol–water partition coefficient (Wildman–Crippen LogP) is 1.74. The summed E-state index contributed by atoms with van der Waals surface area (Å²) in [6.07, 6.45) is 0. The second-order valence-electron chi connectivity index (χ2n) is 4.46. The van der Waals surface area contributed by atoms with E-state index >= 15 is 0 Å². The molecule has 0 saturated carbocycles. The number of hydrogen-bond donors (Lipinski definition) is 1. The molecule has 0 aliphatic heterocycles. The van der Waals surface area contributed by atoms with Crippen molar-refractivity contribution in [2.24, 2.45) is 0 Å². The molecule has 0 radical (unpaired) electrons. The van der Waals surface area contributed by atoms with Crippen molar-refractivity contribution in [1.29, 1.82) is 5.26 Å². The fourth-order valence-electron chi connectivity index (χ4n) is 1.68. The van der Waals surface area contributed by atoms with Crippen molar-refractivity contribution in [3.05, 3.63) is 35.1 Å². The van der Waals surface area contributed by atoms with Gasteiger partial charge in [-0.2, -0.15) is 5.26 Å². The monoisotopic (exact) mass is 235 g/mol. The van der Waals surface area contributed by atoms with Crippen LogP contribution in [0, 0.1) is 17.1 Å². The maximum atomic E-state index is 13.5. The van der Waals surface area contributed by atoms with Crippen LogP contribution in [0.4, 0.5) is 4.39 Å². The molecule has 0 fully saturated rings. The van der Waals surface area contributed by atoms with E-state index in [4.69, 9.17) is 5.26 Å². The lowest BCUT2D eigenvalue weighted by Crippen LogP contribution is -2.35. The predicted molar refractivity (Wildman–Crippen MR) is 66.0 cm³/mol. The van der Waals surface area contributed by atoms with Gasteiger partial charge >= 0.3 is 0 Å². The summed E-state index contributed by atoms with van der Waals surface area (Å²) in [5, 5.41) is 12.0. The van der Waals surface area contributed by atoms with Crippen LogP contribution in [0.1, 0.15) is 18.1 Å². The van der Waals surface area contributed by atoms with E-state index in [2.05, 4.69) is 10.2 Å². The van der Waals surface area contributed by atoms with E-state index in [1.165, 1.54) is 12.1 Å². The zero-order valence-corrected chi connectivity index (χ0v) is 10.5. The molecule has 0 spiro atoms. The summed E-state index contributed by atoms with van der Waals surface area (Å²) in [5.74, 6) is -0.270. The van der Waals surface area contributed by atoms with Crippen LogP contribution in [-0.2, 0) is 6.54 Å². The van der Waals surface area contributed by atoms with Crippen LogP contribution in [0.3, 0.4) is 0 Å². The van der Waals surface area contributed by atoms with Crippen molar-refractivity contribution < 1.29 is 4.39 Å². The summed E-state index contributed by atoms with van der Waals surface area (Å²) >= 11 is 0. The van der Waals surface area contributed by atoms with Crippen LogP contribution in [0.15, 0.2) is 18.2 Å². The highest BCUT2D eigenvalue weighted by molar-refractivity contribution is 5.33. The lowest BCUT2D eigenvalue weighted by molar-refractivity contribution is 0.348. The van der Waals surface area contributed by atoms with Gasteiger partial charge in [0.1, 0.15) is 5.82 Å². The minimum absolute atomic E-state index is 0.270. The van der Waals surface area contributed by atoms with Crippen LogP contribution >= 0.6 is 0 Å². The Balaban J connectivity index is 2.60. The molecule has 92 valence electrons. The van der Waals surface area contributed by atoms with Crippen LogP contribution in [0.2, 0.25) is 0 Å². The molecule has 1 aromatic carbocycles. The number of likely N-dealkylation sites (N-methyl/N-ethyl adjacent to an activating group) is 1. The summed E-state index contributed by atoms with van der Waals surface area (Å²) in [6, 6.07) is 6.70. The van der Waals surface area contributed by atoms with E-state index < -0.39 is 0 Å². The second kappa shape index (κ2) is 6.33. The Hall–Kier alpha value is -1.44. The van der Waals surface area contributed by atoms with Gasteiger partial charge in [-0.3, -0.25) is 0 Å². The molecule has 1 aromatic rings. The highest BCUT2D eigenvalue weighted by Crippen LogP contribution is 2.10. The van der Waals surface area contributed by atoms with Gasteiger partial charge in [-0.15, -0.1) is 0 Å². The number of halogens is 1. The number of nitriles is 1. The maximum absolute atomic E-state index is 13.5. The second-order valence-corrected chi connectivity index (χ2v) is 4.46. The molecule has 1 rings (SSSR count). The van der Waals surface area contributed by atoms with Gasteiger partial charge in [0.05, 0.1) is 11.6 Å². The molecule has 0 aromatic heterocycles. The smallest absolute Gasteiger partial charge is 0.127 e. The normalized spacial score (nSPS) is 12.5. The van der Waals surface area contributed by atoms with E-state index in [1.54, 1.807) is 6.07 Å². The number of benzene rings is 1. The first kappa shape index (κ1) is 13.6. The van der Waals surface area contributed by atoms with Crippen LogP contribution in [0.25, 0.3) is 0 Å². The minimum atomic E-state index is -0.270. The summed E-state index contributed by atoms with van der Waals surface area (Å²) in [7, 11) is 3.99. The molecular formula is C13H18FN3. The molecular weight excluding hydrogens is 217 g/mol. The number of hydrogen-bond acceptors (Lipinski definition) is 3. The van der Waals surface area contributed by atoms with Crippen LogP contribution < -0.4 is 5.32 Å². The summed E-state index contributed by atoms with van der Waals surface area (Å²) in [4.78, 5) is 2.07. The Kier molecular flexibility index (Phi) is 5.08. The van der Waals surface area contributed by atoms with Gasteiger partial charge in [-0.05, 0) is 39.2 Å². The van der Waals surface area contributed by atoms with Crippen molar-refractivity contribution in [2.45, 2.75) is 19.5 Å². The van der Waals surface area contributed by atoms with Gasteiger partial charge < -0.3 is 10.2 Å². The highest BCUT2D eigenvalue weighted by atomic mass is 19.1. The van der Waals surface area contributed by atoms with E-state index in [0.717, 1.165) is 6.54 Å². The first-order valence-electron chi connectivity index (χ1n) is 5.59. The largest absolute Gasteiger partial charge is 0.309 e. The third-order valence-electron chi connectivity index (χ3n) is 2.45. The van der Waals surface area contributed by atoms with E-state index in [1.807, 2.05) is 27.1 Å². The molecule has 0 saturated heterocycles. The molecule has 0 amide bonds. The zero-order chi connectivity index (χ0) is 12.8. The van der Waals surface area contributed by atoms with Crippen molar-refractivity contribution in [3.8, 4) is 6.07 Å². The SMILES string of the molecule is CC(CN(C)C)NCc1cc(C#N)ccc1F. The van der Waals surface area contributed by atoms with Crippen LogP contribution in [0.5, 0.6) is 0 Å². The molecule has 0 bridgehead atoms. The van der Waals surface area contributed by atoms with E-state index in [-0.39, 0.29) is 11.9 Å². The first-order valence-corrected chi connectivity index (χ1v) is 5.59. The summed E-state index contributed by atoms with van der Waals surface area (Å²) in [5.41, 5.74) is 1.03. The average Bonchev–Trinajstić information content (AvgIpc) is 2.27. The Morgan fingerprint density at radius 2 is 2.18 bits per heavy atom. The summed E-state index contributed by atoms with van der Waals surface area (Å²) < 4.78 is 13.5. The minimum Gasteiger partial charge on any atom is -0.309 e. The van der Waals surface area contributed by atoms with Gasteiger partial charge in [0, 0.05) is 24.7 Å². The highest BCUT2D eigenvalue weighted by Gasteiger charge is 2.06. The van der Waals surface area contributed by atoms with E-state index in [0.29, 0.717) is 17.7 Å². The lowest BCUT2D eigenvalue weighted by Gasteiger charge is -2.18. The molecule has 0 aliphatic carbocycles. The maximum Gasteiger partial charge on any atom is 0.127 e. The molecule has 3 nitrogen and oxygen atoms in total. The van der Waals surface area contributed by atoms with Crippen molar-refractivity contribution >= 4 is 0 Å². The quantitative estimate of drug-likeness (QED) is 0.845. The molecule has 0 heterocycles. The topological polar surface area (TPSA) is 39.1 Å². The Labute approximate surface area is 102 Å². The zero-order valence-electron chi connectivity index (χ0n) is 10.5. The summed E-state index contributed by atoms with van der Waals surface area (Å²) in [6.45, 7) is 3.38. The fraction of sp³-hybridized carbons (Fsp3) is 0.462. The Morgan fingerprint density at radius 3 is 2.76 bits per heavy atom. The van der Waals surface area contributed by atoms with Gasteiger partial charge in [0.25, 0.3) is 0 Å². The van der Waals surface area contributed by atoms with E-state index in [9.17, 15) is 4.39 Å². The number of nitrogens with one attached hydrogen (secondary N) is 1. The first-order chi connectivity index (χ1) is 8.02. The van der Waals surface area contributed by atoms with Crippen molar-refractivity contribution in [1.82, 2.24) is 10.2 Å². The third kappa shape index (κ3) is 4.51. The molecule has 1 N–H and O–H groups in total. The molecule has 1 unspecified atom stereocenters. The Morgan fingerprint density at radius 1 is 1.47 bits per heavy atom. The van der Waals surface area contributed by atoms with Crippen LogP contribution in [-0.4, -0.2) is 31.6 Å². The number of rotatable bonds is 5. The molecule has 17 heavy (non-hydrogen) atoms. The Bertz CT molecular complexity index is 410. The van der Waals surface area contributed by atoms with Crippen molar-refractivity contribution in [2.75, 3.05) is 20.6 Å². The van der Waals surface area contributed by atoms with Crippen molar-refractivity contribution in [3.63, 3.8) is 0 Å². The van der Waals surface area contributed by atoms with Gasteiger partial charge in [0.15, 0.2) is 0 Å². The third-order valence-corrected chi connectivity index (χ3v) is 2.45. The number of nitrogens with zero attached hydrogens (tertiary/aromatic N) is 2. The standard InChI is InChI=1S/C13H18FN3/c1-10(9-17(2)3)16-8-12-6-11(7-15)4-5-13(12)14/h4-6,10,16H,8-9H2,1-3H3. The fourth-order valence-corrected chi connectivity index (χ4v) is 1.68. The van der Waals surface area contributed by atoms with Gasteiger partial charge in [0.2, 0.25) is 0 Å². The average molecular weight is 235 g/mol. The van der Waals surface area contributed by atoms with Gasteiger partial charge in [-0.25, -0.2) is 4.39 Å². The lowest BCUT2D eigenvalue weighted by atomic mass is 10.1.